The molecular weight excluding hydrogens is 246 g/mol. The number of hydrogen-bond acceptors (Lipinski definition) is 4. The van der Waals surface area contributed by atoms with E-state index in [9.17, 15) is 5.11 Å². The summed E-state index contributed by atoms with van der Waals surface area (Å²) in [5.41, 5.74) is 0. The van der Waals surface area contributed by atoms with Crippen LogP contribution in [0.4, 0.5) is 0 Å². The summed E-state index contributed by atoms with van der Waals surface area (Å²) >= 11 is 1.55. The number of ether oxygens (including phenoxy) is 1. The monoisotopic (exact) mass is 263 g/mol. The average molecular weight is 263 g/mol. The first-order valence-corrected chi connectivity index (χ1v) is 6.96. The molecule has 0 radical (unpaired) electrons. The van der Waals surface area contributed by atoms with Gasteiger partial charge < -0.3 is 9.84 Å². The molecule has 0 amide bonds. The summed E-state index contributed by atoms with van der Waals surface area (Å²) in [4.78, 5) is 5.08. The normalized spacial score (nSPS) is 11.4. The number of aliphatic imine (C=N–C) groups is 1. The maximum absolute atomic E-state index is 10.1. The number of hydrogen-bond donors (Lipinski definition) is 1. The van der Waals surface area contributed by atoms with Gasteiger partial charge in [-0.3, -0.25) is 4.99 Å². The van der Waals surface area contributed by atoms with E-state index in [4.69, 9.17) is 4.74 Å². The summed E-state index contributed by atoms with van der Waals surface area (Å²) in [7, 11) is 0. The van der Waals surface area contributed by atoms with E-state index in [1.165, 1.54) is 0 Å². The lowest BCUT2D eigenvalue weighted by molar-refractivity contribution is 0.340. The molecule has 2 aromatic rings. The molecular formula is C14H17NO2S. The number of nitrogens with zero attached hydrogens (tertiary/aromatic N) is 1. The molecule has 1 N–H and O–H groups in total. The van der Waals surface area contributed by atoms with Crippen molar-refractivity contribution in [2.45, 2.75) is 20.3 Å². The SMILES string of the molecule is CCCN=Cc1sc2ccc(OCC)cc2c1O. The fourth-order valence-electron chi connectivity index (χ4n) is 1.70. The van der Waals surface area contributed by atoms with Gasteiger partial charge in [-0.05, 0) is 31.5 Å². The second kappa shape index (κ2) is 5.87. The van der Waals surface area contributed by atoms with E-state index in [2.05, 4.69) is 11.9 Å². The predicted molar refractivity (Wildman–Crippen MR) is 77.4 cm³/mol. The Hall–Kier alpha value is -1.55. The third kappa shape index (κ3) is 2.64. The second-order valence-corrected chi connectivity index (χ2v) is 5.02. The lowest BCUT2D eigenvalue weighted by Crippen LogP contribution is -1.89. The lowest BCUT2D eigenvalue weighted by Gasteiger charge is -2.01. The van der Waals surface area contributed by atoms with Crippen molar-refractivity contribution in [2.75, 3.05) is 13.2 Å². The molecule has 0 aliphatic carbocycles. The molecule has 1 aromatic heterocycles. The fourth-order valence-corrected chi connectivity index (χ4v) is 2.68. The Labute approximate surface area is 111 Å². The Balaban J connectivity index is 2.37. The van der Waals surface area contributed by atoms with E-state index in [1.54, 1.807) is 17.6 Å². The Morgan fingerprint density at radius 1 is 1.39 bits per heavy atom. The van der Waals surface area contributed by atoms with Crippen LogP contribution in [0.5, 0.6) is 11.5 Å². The van der Waals surface area contributed by atoms with Crippen molar-refractivity contribution in [2.24, 2.45) is 4.99 Å². The van der Waals surface area contributed by atoms with E-state index in [-0.39, 0.29) is 0 Å². The number of thiophene rings is 1. The highest BCUT2D eigenvalue weighted by molar-refractivity contribution is 7.21. The van der Waals surface area contributed by atoms with Gasteiger partial charge in [-0.25, -0.2) is 0 Å². The van der Waals surface area contributed by atoms with Crippen LogP contribution >= 0.6 is 11.3 Å². The summed E-state index contributed by atoms with van der Waals surface area (Å²) in [5.74, 6) is 1.09. The summed E-state index contributed by atoms with van der Waals surface area (Å²) in [6.45, 7) is 5.44. The van der Waals surface area contributed by atoms with Gasteiger partial charge in [-0.15, -0.1) is 11.3 Å². The first kappa shape index (κ1) is 12.9. The van der Waals surface area contributed by atoms with E-state index in [1.807, 2.05) is 25.1 Å². The number of benzene rings is 1. The van der Waals surface area contributed by atoms with Gasteiger partial charge in [0.15, 0.2) is 0 Å². The van der Waals surface area contributed by atoms with Gasteiger partial charge in [-0.1, -0.05) is 6.92 Å². The van der Waals surface area contributed by atoms with Gasteiger partial charge >= 0.3 is 0 Å². The van der Waals surface area contributed by atoms with Crippen molar-refractivity contribution >= 4 is 27.6 Å². The van der Waals surface area contributed by atoms with Crippen molar-refractivity contribution < 1.29 is 9.84 Å². The maximum atomic E-state index is 10.1. The molecule has 1 heterocycles. The molecule has 0 atom stereocenters. The summed E-state index contributed by atoms with van der Waals surface area (Å²) in [6.07, 6.45) is 2.76. The smallest absolute Gasteiger partial charge is 0.143 e. The molecule has 0 unspecified atom stereocenters. The third-order valence-corrected chi connectivity index (χ3v) is 3.63. The molecule has 0 spiro atoms. The Kier molecular flexibility index (Phi) is 4.20. The highest BCUT2D eigenvalue weighted by Crippen LogP contribution is 2.37. The topological polar surface area (TPSA) is 41.8 Å². The maximum Gasteiger partial charge on any atom is 0.143 e. The van der Waals surface area contributed by atoms with Crippen LogP contribution in [0.15, 0.2) is 23.2 Å². The molecule has 3 nitrogen and oxygen atoms in total. The fraction of sp³-hybridized carbons (Fsp3) is 0.357. The van der Waals surface area contributed by atoms with Crippen LogP contribution in [-0.4, -0.2) is 24.5 Å². The highest BCUT2D eigenvalue weighted by atomic mass is 32.1. The van der Waals surface area contributed by atoms with Crippen molar-refractivity contribution in [3.63, 3.8) is 0 Å². The van der Waals surface area contributed by atoms with Crippen LogP contribution < -0.4 is 4.74 Å². The van der Waals surface area contributed by atoms with Crippen molar-refractivity contribution in [1.29, 1.82) is 0 Å². The molecule has 0 aliphatic heterocycles. The van der Waals surface area contributed by atoms with Crippen molar-refractivity contribution in [3.8, 4) is 11.5 Å². The van der Waals surface area contributed by atoms with E-state index in [0.29, 0.717) is 12.4 Å². The Bertz CT molecular complexity index is 560. The molecule has 0 saturated heterocycles. The summed E-state index contributed by atoms with van der Waals surface area (Å²) < 4.78 is 6.49. The van der Waals surface area contributed by atoms with Gasteiger partial charge in [0.25, 0.3) is 0 Å². The van der Waals surface area contributed by atoms with Crippen LogP contribution in [0.1, 0.15) is 25.1 Å². The number of rotatable bonds is 5. The van der Waals surface area contributed by atoms with E-state index >= 15 is 0 Å². The Morgan fingerprint density at radius 3 is 2.94 bits per heavy atom. The molecule has 2 rings (SSSR count). The summed E-state index contributed by atoms with van der Waals surface area (Å²) in [6, 6.07) is 5.78. The minimum atomic E-state index is 0.302. The number of aromatic hydroxyl groups is 1. The van der Waals surface area contributed by atoms with Crippen LogP contribution in [0, 0.1) is 0 Å². The van der Waals surface area contributed by atoms with Crippen molar-refractivity contribution in [1.82, 2.24) is 0 Å². The molecule has 1 aromatic carbocycles. The van der Waals surface area contributed by atoms with Gasteiger partial charge in [-0.2, -0.15) is 0 Å². The van der Waals surface area contributed by atoms with Crippen LogP contribution in [0.25, 0.3) is 10.1 Å². The predicted octanol–water partition coefficient (Wildman–Crippen LogP) is 3.83. The second-order valence-electron chi connectivity index (χ2n) is 3.94. The summed E-state index contributed by atoms with van der Waals surface area (Å²) in [5, 5.41) is 11.0. The Morgan fingerprint density at radius 2 is 2.22 bits per heavy atom. The van der Waals surface area contributed by atoms with Gasteiger partial charge in [0.05, 0.1) is 11.5 Å². The molecule has 0 saturated carbocycles. The zero-order valence-corrected chi connectivity index (χ0v) is 11.5. The standard InChI is InChI=1S/C14H17NO2S/c1-3-7-15-9-13-14(16)11-8-10(17-4-2)5-6-12(11)18-13/h5-6,8-9,16H,3-4,7H2,1-2H3. The first-order valence-electron chi connectivity index (χ1n) is 6.14. The van der Waals surface area contributed by atoms with E-state index < -0.39 is 0 Å². The largest absolute Gasteiger partial charge is 0.506 e. The van der Waals surface area contributed by atoms with Crippen LogP contribution in [0.3, 0.4) is 0 Å². The molecule has 0 aliphatic rings. The lowest BCUT2D eigenvalue weighted by atomic mass is 10.2. The minimum Gasteiger partial charge on any atom is -0.506 e. The zero-order chi connectivity index (χ0) is 13.0. The minimum absolute atomic E-state index is 0.302. The van der Waals surface area contributed by atoms with Crippen LogP contribution in [0.2, 0.25) is 0 Å². The highest BCUT2D eigenvalue weighted by Gasteiger charge is 2.10. The van der Waals surface area contributed by atoms with Crippen molar-refractivity contribution in [3.05, 3.63) is 23.1 Å². The van der Waals surface area contributed by atoms with Gasteiger partial charge in [0.1, 0.15) is 11.5 Å². The third-order valence-electron chi connectivity index (χ3n) is 2.53. The molecule has 96 valence electrons. The van der Waals surface area contributed by atoms with Gasteiger partial charge in [0.2, 0.25) is 0 Å². The van der Waals surface area contributed by atoms with E-state index in [0.717, 1.165) is 33.7 Å². The molecule has 18 heavy (non-hydrogen) atoms. The molecule has 4 heteroatoms. The zero-order valence-electron chi connectivity index (χ0n) is 10.6. The average Bonchev–Trinajstić information content (AvgIpc) is 2.68. The quantitative estimate of drug-likeness (QED) is 0.833. The molecule has 0 bridgehead atoms. The molecule has 0 fully saturated rings. The first-order chi connectivity index (χ1) is 8.76. The number of fused-ring (bicyclic) bond motifs is 1. The van der Waals surface area contributed by atoms with Gasteiger partial charge in [0, 0.05) is 22.8 Å². The van der Waals surface area contributed by atoms with Crippen LogP contribution in [-0.2, 0) is 0 Å².